The number of carbonyl (C=O) groups is 1. The monoisotopic (exact) mass is 491 g/mol. The topological polar surface area (TPSA) is 81.8 Å². The first-order valence-electron chi connectivity index (χ1n) is 11.3. The minimum atomic E-state index is -0.153. The van der Waals surface area contributed by atoms with E-state index in [4.69, 9.17) is 4.98 Å². The highest BCUT2D eigenvalue weighted by Gasteiger charge is 2.21. The minimum absolute atomic E-state index is 0.112. The quantitative estimate of drug-likeness (QED) is 0.204. The molecule has 1 amide bonds. The number of aromatic nitrogens is 4. The molecule has 1 N–H and O–H groups in total. The first-order chi connectivity index (χ1) is 16.6. The second-order valence-electron chi connectivity index (χ2n) is 8.23. The van der Waals surface area contributed by atoms with Crippen LogP contribution in [0.5, 0.6) is 0 Å². The number of nitrogens with zero attached hydrogens (tertiary/aromatic N) is 4. The van der Waals surface area contributed by atoms with Crippen LogP contribution in [0.15, 0.2) is 71.3 Å². The number of benzene rings is 1. The Labute approximate surface area is 205 Å². The van der Waals surface area contributed by atoms with Gasteiger partial charge in [-0.15, -0.1) is 17.9 Å². The predicted molar refractivity (Wildman–Crippen MR) is 139 cm³/mol. The number of thiophene rings is 1. The van der Waals surface area contributed by atoms with Gasteiger partial charge in [0.15, 0.2) is 5.16 Å². The maximum Gasteiger partial charge on any atom is 0.272 e. The van der Waals surface area contributed by atoms with E-state index in [9.17, 15) is 9.59 Å². The molecule has 9 heteroatoms. The van der Waals surface area contributed by atoms with Crippen molar-refractivity contribution in [1.82, 2.24) is 19.3 Å². The standard InChI is InChI=1S/C25H25N5O2S2/c1-2-14-29-24(32)23-19(15-20(34-23)17-8-4-3-5-9-17)27-25(29)33-16-22(31)28-21-12-13-26-30(21)18-10-6-7-11-18/h2-5,8-9,12-13,15,18H,1,6-7,10-11,14,16H2,(H,28,31). The molecule has 0 bridgehead atoms. The molecule has 0 aliphatic heterocycles. The number of fused-ring (bicyclic) bond motifs is 1. The molecule has 4 aromatic rings. The number of hydrogen-bond donors (Lipinski definition) is 1. The van der Waals surface area contributed by atoms with Crippen LogP contribution in [0.2, 0.25) is 0 Å². The minimum Gasteiger partial charge on any atom is -0.310 e. The molecule has 7 nitrogen and oxygen atoms in total. The van der Waals surface area contributed by atoms with Crippen LogP contribution >= 0.6 is 23.1 Å². The zero-order valence-corrected chi connectivity index (χ0v) is 20.3. The van der Waals surface area contributed by atoms with Crippen LogP contribution in [-0.4, -0.2) is 31.0 Å². The number of amides is 1. The first-order valence-corrected chi connectivity index (χ1v) is 13.1. The Hall–Kier alpha value is -3.17. The third kappa shape index (κ3) is 4.58. The summed E-state index contributed by atoms with van der Waals surface area (Å²) in [6.07, 6.45) is 7.95. The normalized spacial score (nSPS) is 14.0. The number of rotatable bonds is 8. The van der Waals surface area contributed by atoms with Crippen molar-refractivity contribution in [3.63, 3.8) is 0 Å². The Morgan fingerprint density at radius 3 is 2.79 bits per heavy atom. The van der Waals surface area contributed by atoms with Gasteiger partial charge < -0.3 is 5.32 Å². The molecule has 0 saturated heterocycles. The molecule has 1 aromatic carbocycles. The van der Waals surface area contributed by atoms with Gasteiger partial charge in [-0.2, -0.15) is 5.10 Å². The van der Waals surface area contributed by atoms with Crippen LogP contribution in [0, 0.1) is 0 Å². The van der Waals surface area contributed by atoms with E-state index in [0.29, 0.717) is 28.0 Å². The van der Waals surface area contributed by atoms with Crippen molar-refractivity contribution < 1.29 is 4.79 Å². The number of nitrogens with one attached hydrogen (secondary N) is 1. The third-order valence-corrected chi connectivity index (χ3v) is 8.05. The zero-order chi connectivity index (χ0) is 23.5. The fourth-order valence-electron chi connectivity index (χ4n) is 4.30. The molecule has 1 aliphatic carbocycles. The van der Waals surface area contributed by atoms with E-state index in [1.165, 1.54) is 35.9 Å². The van der Waals surface area contributed by atoms with E-state index >= 15 is 0 Å². The Kier molecular flexibility index (Phi) is 6.64. The van der Waals surface area contributed by atoms with Crippen molar-refractivity contribution in [1.29, 1.82) is 0 Å². The molecule has 34 heavy (non-hydrogen) atoms. The smallest absolute Gasteiger partial charge is 0.272 e. The van der Waals surface area contributed by atoms with Crippen LogP contribution in [0.3, 0.4) is 0 Å². The molecular weight excluding hydrogens is 466 g/mol. The summed E-state index contributed by atoms with van der Waals surface area (Å²) in [5.41, 5.74) is 1.59. The summed E-state index contributed by atoms with van der Waals surface area (Å²) in [5.74, 6) is 0.704. The molecule has 0 atom stereocenters. The van der Waals surface area contributed by atoms with Gasteiger partial charge in [0.1, 0.15) is 10.5 Å². The van der Waals surface area contributed by atoms with E-state index in [-0.39, 0.29) is 17.2 Å². The predicted octanol–water partition coefficient (Wildman–Crippen LogP) is 5.35. The molecule has 1 fully saturated rings. The van der Waals surface area contributed by atoms with E-state index in [2.05, 4.69) is 17.0 Å². The molecule has 3 aromatic heterocycles. The Bertz CT molecular complexity index is 1380. The van der Waals surface area contributed by atoms with Crippen molar-refractivity contribution in [2.75, 3.05) is 11.1 Å². The molecule has 3 heterocycles. The molecule has 0 spiro atoms. The molecule has 1 aliphatic rings. The number of allylic oxidation sites excluding steroid dienone is 1. The van der Waals surface area contributed by atoms with Crippen molar-refractivity contribution in [2.24, 2.45) is 0 Å². The molecule has 5 rings (SSSR count). The van der Waals surface area contributed by atoms with Crippen LogP contribution in [0.25, 0.3) is 20.7 Å². The van der Waals surface area contributed by atoms with E-state index < -0.39 is 0 Å². The van der Waals surface area contributed by atoms with Gasteiger partial charge in [0.25, 0.3) is 5.56 Å². The average Bonchev–Trinajstić information content (AvgIpc) is 3.61. The van der Waals surface area contributed by atoms with E-state index in [0.717, 1.165) is 29.1 Å². The van der Waals surface area contributed by atoms with Gasteiger partial charge in [0.05, 0.1) is 23.5 Å². The van der Waals surface area contributed by atoms with Crippen molar-refractivity contribution in [3.05, 3.63) is 71.7 Å². The van der Waals surface area contributed by atoms with Crippen LogP contribution in [0.4, 0.5) is 5.82 Å². The van der Waals surface area contributed by atoms with Gasteiger partial charge in [0.2, 0.25) is 5.91 Å². The summed E-state index contributed by atoms with van der Waals surface area (Å²) in [6, 6.07) is 14.1. The lowest BCUT2D eigenvalue weighted by atomic mass is 10.2. The number of carbonyl (C=O) groups excluding carboxylic acids is 1. The third-order valence-electron chi connectivity index (χ3n) is 5.91. The lowest BCUT2D eigenvalue weighted by Crippen LogP contribution is -2.23. The van der Waals surface area contributed by atoms with Crippen molar-refractivity contribution in [2.45, 2.75) is 43.4 Å². The van der Waals surface area contributed by atoms with Gasteiger partial charge in [-0.05, 0) is 24.5 Å². The van der Waals surface area contributed by atoms with Gasteiger partial charge in [-0.25, -0.2) is 9.67 Å². The van der Waals surface area contributed by atoms with Gasteiger partial charge in [-0.3, -0.25) is 14.2 Å². The van der Waals surface area contributed by atoms with E-state index in [1.807, 2.05) is 47.1 Å². The summed E-state index contributed by atoms with van der Waals surface area (Å²) in [4.78, 5) is 31.7. The summed E-state index contributed by atoms with van der Waals surface area (Å²) in [5, 5.41) is 7.89. The lowest BCUT2D eigenvalue weighted by molar-refractivity contribution is -0.113. The number of thioether (sulfide) groups is 1. The zero-order valence-electron chi connectivity index (χ0n) is 18.6. The van der Waals surface area contributed by atoms with Crippen LogP contribution in [0.1, 0.15) is 31.7 Å². The molecule has 1 saturated carbocycles. The molecule has 0 unspecified atom stereocenters. The fraction of sp³-hybridized carbons (Fsp3) is 0.280. The van der Waals surface area contributed by atoms with Crippen molar-refractivity contribution >= 4 is 45.0 Å². The van der Waals surface area contributed by atoms with Crippen molar-refractivity contribution in [3.8, 4) is 10.4 Å². The second kappa shape index (κ2) is 9.99. The number of anilines is 1. The lowest BCUT2D eigenvalue weighted by Gasteiger charge is -2.15. The molecule has 0 radical (unpaired) electrons. The van der Waals surface area contributed by atoms with Crippen LogP contribution in [-0.2, 0) is 11.3 Å². The van der Waals surface area contributed by atoms with Gasteiger partial charge >= 0.3 is 0 Å². The molecular formula is C25H25N5O2S2. The SMILES string of the molecule is C=CCn1c(SCC(=O)Nc2ccnn2C2CCCC2)nc2cc(-c3ccccc3)sc2c1=O. The second-order valence-corrected chi connectivity index (χ2v) is 10.2. The largest absolute Gasteiger partial charge is 0.310 e. The van der Waals surface area contributed by atoms with Gasteiger partial charge in [-0.1, -0.05) is 61.0 Å². The highest BCUT2D eigenvalue weighted by molar-refractivity contribution is 7.99. The summed E-state index contributed by atoms with van der Waals surface area (Å²) >= 11 is 2.69. The fourth-order valence-corrected chi connectivity index (χ4v) is 6.16. The summed E-state index contributed by atoms with van der Waals surface area (Å²) in [7, 11) is 0. The Morgan fingerprint density at radius 2 is 2.03 bits per heavy atom. The Balaban J connectivity index is 1.37. The summed E-state index contributed by atoms with van der Waals surface area (Å²) < 4.78 is 4.11. The maximum absolute atomic E-state index is 13.2. The highest BCUT2D eigenvalue weighted by Crippen LogP contribution is 2.33. The number of hydrogen-bond acceptors (Lipinski definition) is 6. The highest BCUT2D eigenvalue weighted by atomic mass is 32.2. The Morgan fingerprint density at radius 1 is 1.24 bits per heavy atom. The maximum atomic E-state index is 13.2. The van der Waals surface area contributed by atoms with E-state index in [1.54, 1.807) is 16.8 Å². The molecule has 174 valence electrons. The average molecular weight is 492 g/mol. The van der Waals surface area contributed by atoms with Crippen LogP contribution < -0.4 is 10.9 Å². The first kappa shape index (κ1) is 22.6. The van der Waals surface area contributed by atoms with Gasteiger partial charge in [0, 0.05) is 17.5 Å². The summed E-state index contributed by atoms with van der Waals surface area (Å²) in [6.45, 7) is 4.11.